The molecule has 1 heterocycles. The second-order valence-electron chi connectivity index (χ2n) is 6.87. The van der Waals surface area contributed by atoms with Gasteiger partial charge in [-0.1, -0.05) is 19.3 Å². The molecule has 0 radical (unpaired) electrons. The third kappa shape index (κ3) is 2.55. The number of likely N-dealkylation sites (tertiary alicyclic amines) is 1. The number of nitrogens with zero attached hydrogens (tertiary/aromatic N) is 1. The highest BCUT2D eigenvalue weighted by atomic mass is 16.3. The normalized spacial score (nSPS) is 25.8. The van der Waals surface area contributed by atoms with Crippen LogP contribution in [0.15, 0.2) is 0 Å². The van der Waals surface area contributed by atoms with Gasteiger partial charge in [0, 0.05) is 12.8 Å². The molecule has 2 aliphatic rings. The van der Waals surface area contributed by atoms with Crippen molar-refractivity contribution in [2.75, 3.05) is 0 Å². The predicted molar refractivity (Wildman–Crippen MR) is 72.4 cm³/mol. The first kappa shape index (κ1) is 14.5. The van der Waals surface area contributed by atoms with Crippen molar-refractivity contribution in [2.24, 2.45) is 5.41 Å². The van der Waals surface area contributed by atoms with Crippen LogP contribution in [-0.2, 0) is 9.59 Å². The number of amides is 2. The Balaban J connectivity index is 2.20. The fraction of sp³-hybridized carbons (Fsp3) is 0.867. The molecule has 0 aromatic heterocycles. The van der Waals surface area contributed by atoms with Gasteiger partial charge < -0.3 is 5.11 Å². The van der Waals surface area contributed by atoms with Crippen LogP contribution >= 0.6 is 0 Å². The minimum atomic E-state index is -0.815. The maximum absolute atomic E-state index is 12.4. The highest BCUT2D eigenvalue weighted by Crippen LogP contribution is 2.46. The Morgan fingerprint density at radius 3 is 2.00 bits per heavy atom. The van der Waals surface area contributed by atoms with Gasteiger partial charge in [-0.2, -0.15) is 0 Å². The monoisotopic (exact) mass is 267 g/mol. The van der Waals surface area contributed by atoms with E-state index in [1.807, 2.05) is 0 Å². The van der Waals surface area contributed by atoms with E-state index in [2.05, 4.69) is 0 Å². The molecule has 4 heteroatoms. The molecule has 1 atom stereocenters. The van der Waals surface area contributed by atoms with Crippen LogP contribution in [0.2, 0.25) is 0 Å². The summed E-state index contributed by atoms with van der Waals surface area (Å²) in [6, 6.07) is 0. The summed E-state index contributed by atoms with van der Waals surface area (Å²) in [7, 11) is 0. The van der Waals surface area contributed by atoms with Crippen molar-refractivity contribution in [3.8, 4) is 0 Å². The molecule has 2 amide bonds. The Labute approximate surface area is 115 Å². The first-order valence-electron chi connectivity index (χ1n) is 7.32. The highest BCUT2D eigenvalue weighted by molar-refractivity contribution is 5.99. The molecule has 1 aliphatic heterocycles. The summed E-state index contributed by atoms with van der Waals surface area (Å²) in [6.07, 6.45) is 5.67. The maximum atomic E-state index is 12.4. The number of carbonyl (C=O) groups is 2. The minimum Gasteiger partial charge on any atom is -0.391 e. The van der Waals surface area contributed by atoms with E-state index in [9.17, 15) is 14.7 Å². The van der Waals surface area contributed by atoms with Crippen molar-refractivity contribution in [1.29, 1.82) is 0 Å². The van der Waals surface area contributed by atoms with E-state index in [0.717, 1.165) is 25.7 Å². The fourth-order valence-electron chi connectivity index (χ4n) is 3.49. The van der Waals surface area contributed by atoms with Gasteiger partial charge in [0.15, 0.2) is 0 Å². The zero-order valence-electron chi connectivity index (χ0n) is 12.2. The molecule has 4 nitrogen and oxygen atoms in total. The van der Waals surface area contributed by atoms with Gasteiger partial charge in [0.1, 0.15) is 0 Å². The van der Waals surface area contributed by atoms with E-state index >= 15 is 0 Å². The van der Waals surface area contributed by atoms with E-state index in [1.165, 1.54) is 11.3 Å². The number of aliphatic hydroxyl groups is 1. The molecular weight excluding hydrogens is 242 g/mol. The number of hydrogen-bond donors (Lipinski definition) is 1. The third-order valence-electron chi connectivity index (χ3n) is 5.06. The number of imide groups is 1. The molecule has 0 aromatic rings. The Kier molecular flexibility index (Phi) is 3.74. The maximum Gasteiger partial charge on any atom is 0.230 e. The van der Waals surface area contributed by atoms with Gasteiger partial charge in [-0.25, -0.2) is 0 Å². The second-order valence-corrected chi connectivity index (χ2v) is 6.87. The van der Waals surface area contributed by atoms with Crippen LogP contribution in [0.5, 0.6) is 0 Å². The number of carbonyl (C=O) groups excluding carboxylic acids is 2. The zero-order valence-corrected chi connectivity index (χ0v) is 12.2. The first-order valence-corrected chi connectivity index (χ1v) is 7.32. The topological polar surface area (TPSA) is 57.6 Å². The molecule has 19 heavy (non-hydrogen) atoms. The summed E-state index contributed by atoms with van der Waals surface area (Å²) < 4.78 is 0. The van der Waals surface area contributed by atoms with E-state index < -0.39 is 11.6 Å². The third-order valence-corrected chi connectivity index (χ3v) is 5.06. The molecule has 2 rings (SSSR count). The van der Waals surface area contributed by atoms with Crippen LogP contribution in [0.25, 0.3) is 0 Å². The average Bonchev–Trinajstić information content (AvgIpc) is 2.27. The highest BCUT2D eigenvalue weighted by Gasteiger charge is 2.49. The van der Waals surface area contributed by atoms with Crippen LogP contribution in [0, 0.1) is 5.41 Å². The Morgan fingerprint density at radius 1 is 1.11 bits per heavy atom. The van der Waals surface area contributed by atoms with Crippen molar-refractivity contribution in [2.45, 2.75) is 77.4 Å². The van der Waals surface area contributed by atoms with Gasteiger partial charge in [-0.05, 0) is 39.0 Å². The van der Waals surface area contributed by atoms with E-state index in [1.54, 1.807) is 20.8 Å². The largest absolute Gasteiger partial charge is 0.391 e. The SMILES string of the molecule is CC(O)C(C)(C)N1C(=O)CC2(CCCCC2)CC1=O. The molecule has 2 fully saturated rings. The zero-order chi connectivity index (χ0) is 14.3. The quantitative estimate of drug-likeness (QED) is 0.781. The molecule has 1 N–H and O–H groups in total. The number of rotatable bonds is 2. The Morgan fingerprint density at radius 2 is 1.58 bits per heavy atom. The van der Waals surface area contributed by atoms with Crippen molar-refractivity contribution in [3.05, 3.63) is 0 Å². The van der Waals surface area contributed by atoms with Gasteiger partial charge in [0.25, 0.3) is 0 Å². The van der Waals surface area contributed by atoms with Crippen LogP contribution in [0.1, 0.15) is 65.7 Å². The lowest BCUT2D eigenvalue weighted by molar-refractivity contribution is -0.165. The average molecular weight is 267 g/mol. The summed E-state index contributed by atoms with van der Waals surface area (Å²) in [6.45, 7) is 5.14. The molecule has 108 valence electrons. The molecule has 1 aliphatic carbocycles. The molecule has 1 spiro atoms. The molecule has 1 unspecified atom stereocenters. The fourth-order valence-corrected chi connectivity index (χ4v) is 3.49. The lowest BCUT2D eigenvalue weighted by Gasteiger charge is -2.48. The first-order chi connectivity index (χ1) is 8.78. The van der Waals surface area contributed by atoms with Crippen LogP contribution in [0.3, 0.4) is 0 Å². The van der Waals surface area contributed by atoms with Crippen molar-refractivity contribution in [1.82, 2.24) is 4.90 Å². The molecule has 1 saturated carbocycles. The molecular formula is C15H25NO3. The van der Waals surface area contributed by atoms with Gasteiger partial charge in [-0.15, -0.1) is 0 Å². The van der Waals surface area contributed by atoms with Crippen molar-refractivity contribution in [3.63, 3.8) is 0 Å². The van der Waals surface area contributed by atoms with Crippen LogP contribution in [-0.4, -0.2) is 33.5 Å². The van der Waals surface area contributed by atoms with Crippen molar-refractivity contribution < 1.29 is 14.7 Å². The van der Waals surface area contributed by atoms with E-state index in [4.69, 9.17) is 0 Å². The summed E-state index contributed by atoms with van der Waals surface area (Å²) in [5.74, 6) is -0.215. The van der Waals surface area contributed by atoms with Crippen molar-refractivity contribution >= 4 is 11.8 Å². The summed E-state index contributed by atoms with van der Waals surface area (Å²) in [5, 5.41) is 9.82. The van der Waals surface area contributed by atoms with Gasteiger partial charge in [-0.3, -0.25) is 14.5 Å². The number of piperidine rings is 1. The smallest absolute Gasteiger partial charge is 0.230 e. The van der Waals surface area contributed by atoms with Crippen LogP contribution < -0.4 is 0 Å². The predicted octanol–water partition coefficient (Wildman–Crippen LogP) is 2.25. The lowest BCUT2D eigenvalue weighted by Crippen LogP contribution is -2.61. The number of aliphatic hydroxyl groups excluding tert-OH is 1. The lowest BCUT2D eigenvalue weighted by atomic mass is 9.67. The number of hydrogen-bond acceptors (Lipinski definition) is 3. The summed E-state index contributed by atoms with van der Waals surface area (Å²) >= 11 is 0. The van der Waals surface area contributed by atoms with E-state index in [-0.39, 0.29) is 17.2 Å². The van der Waals surface area contributed by atoms with Gasteiger partial charge in [0.05, 0.1) is 11.6 Å². The molecule has 0 bridgehead atoms. The van der Waals surface area contributed by atoms with E-state index in [0.29, 0.717) is 12.8 Å². The Bertz CT molecular complexity index is 361. The molecule has 0 aromatic carbocycles. The summed E-state index contributed by atoms with van der Waals surface area (Å²) in [4.78, 5) is 26.1. The standard InChI is InChI=1S/C15H25NO3/c1-11(17)14(2,3)16-12(18)9-15(10-13(16)19)7-5-4-6-8-15/h11,17H,4-10H2,1-3H3. The summed E-state index contributed by atoms with van der Waals surface area (Å²) in [5.41, 5.74) is -0.901. The van der Waals surface area contributed by atoms with Gasteiger partial charge >= 0.3 is 0 Å². The Hall–Kier alpha value is -0.900. The van der Waals surface area contributed by atoms with Crippen LogP contribution in [0.4, 0.5) is 0 Å². The minimum absolute atomic E-state index is 0.0856. The van der Waals surface area contributed by atoms with Gasteiger partial charge in [0.2, 0.25) is 11.8 Å². The second kappa shape index (κ2) is 4.89. The molecule has 1 saturated heterocycles.